The number of nitrogens with zero attached hydrogens (tertiary/aromatic N) is 1. The highest BCUT2D eigenvalue weighted by Gasteiger charge is 2.21. The van der Waals surface area contributed by atoms with E-state index in [0.717, 1.165) is 30.7 Å². The first-order chi connectivity index (χ1) is 9.30. The first-order valence-corrected chi connectivity index (χ1v) is 8.77. The van der Waals surface area contributed by atoms with E-state index >= 15 is 0 Å². The first-order valence-electron chi connectivity index (χ1n) is 7.49. The average Bonchev–Trinajstić information content (AvgIpc) is 2.44. The van der Waals surface area contributed by atoms with Crippen molar-refractivity contribution in [3.8, 4) is 0 Å². The Morgan fingerprint density at radius 1 is 1.42 bits per heavy atom. The fraction of sp³-hybridized carbons (Fsp3) is 0.800. The van der Waals surface area contributed by atoms with Crippen LogP contribution < -0.4 is 10.6 Å². The van der Waals surface area contributed by atoms with Gasteiger partial charge < -0.3 is 10.6 Å². The Labute approximate surface area is 122 Å². The molecule has 0 spiro atoms. The first kappa shape index (κ1) is 16.4. The molecule has 2 atom stereocenters. The van der Waals surface area contributed by atoms with Gasteiger partial charge in [-0.15, -0.1) is 0 Å². The van der Waals surface area contributed by atoms with Gasteiger partial charge in [0, 0.05) is 24.4 Å². The van der Waals surface area contributed by atoms with E-state index in [9.17, 15) is 0 Å². The van der Waals surface area contributed by atoms with Crippen LogP contribution in [0.1, 0.15) is 46.0 Å². The molecule has 0 heterocycles. The zero-order valence-corrected chi connectivity index (χ0v) is 13.4. The molecule has 0 saturated heterocycles. The highest BCUT2D eigenvalue weighted by atomic mass is 32.2. The van der Waals surface area contributed by atoms with Crippen molar-refractivity contribution >= 4 is 17.7 Å². The largest absolute Gasteiger partial charge is 0.357 e. The number of guanidine groups is 1. The number of hydrogen-bond acceptors (Lipinski definition) is 2. The van der Waals surface area contributed by atoms with E-state index in [1.807, 2.05) is 11.8 Å². The lowest BCUT2D eigenvalue weighted by atomic mass is 9.95. The fourth-order valence-electron chi connectivity index (χ4n) is 2.42. The molecule has 0 aromatic rings. The number of thioether (sulfide) groups is 1. The van der Waals surface area contributed by atoms with Gasteiger partial charge in [0.05, 0.1) is 0 Å². The molecule has 0 bridgehead atoms. The molecule has 0 amide bonds. The van der Waals surface area contributed by atoms with E-state index in [1.54, 1.807) is 0 Å². The predicted molar refractivity (Wildman–Crippen MR) is 88.1 cm³/mol. The lowest BCUT2D eigenvalue weighted by molar-refractivity contribution is 0.419. The number of hydrogen-bond donors (Lipinski definition) is 2. The second kappa shape index (κ2) is 10.2. The molecule has 4 heteroatoms. The van der Waals surface area contributed by atoms with Gasteiger partial charge in [0.2, 0.25) is 0 Å². The Bertz CT molecular complexity index is 289. The summed E-state index contributed by atoms with van der Waals surface area (Å²) in [5.74, 6) is 0.985. The lowest BCUT2D eigenvalue weighted by Crippen LogP contribution is -2.45. The number of aliphatic imine (C=N–C) groups is 1. The molecular weight excluding hydrogens is 254 g/mol. The van der Waals surface area contributed by atoms with Crippen molar-refractivity contribution in [2.45, 2.75) is 57.2 Å². The smallest absolute Gasteiger partial charge is 0.191 e. The van der Waals surface area contributed by atoms with Crippen LogP contribution in [0.3, 0.4) is 0 Å². The molecule has 0 aromatic heterocycles. The Morgan fingerprint density at radius 2 is 2.26 bits per heavy atom. The SMILES string of the molecule is C/C=C/CCN=C(NCC)NC1CCCC(SC)C1. The third-order valence-electron chi connectivity index (χ3n) is 3.45. The third kappa shape index (κ3) is 6.90. The minimum atomic E-state index is 0.589. The van der Waals surface area contributed by atoms with E-state index in [-0.39, 0.29) is 0 Å². The van der Waals surface area contributed by atoms with Crippen molar-refractivity contribution in [2.24, 2.45) is 4.99 Å². The van der Waals surface area contributed by atoms with Crippen molar-refractivity contribution in [3.05, 3.63) is 12.2 Å². The predicted octanol–water partition coefficient (Wildman–Crippen LogP) is 3.18. The van der Waals surface area contributed by atoms with Crippen LogP contribution in [0.25, 0.3) is 0 Å². The number of allylic oxidation sites excluding steroid dienone is 1. The molecule has 1 rings (SSSR count). The van der Waals surface area contributed by atoms with Crippen molar-refractivity contribution in [1.29, 1.82) is 0 Å². The minimum Gasteiger partial charge on any atom is -0.357 e. The van der Waals surface area contributed by atoms with E-state index in [4.69, 9.17) is 0 Å². The summed E-state index contributed by atoms with van der Waals surface area (Å²) in [5.41, 5.74) is 0. The molecule has 0 radical (unpaired) electrons. The van der Waals surface area contributed by atoms with Crippen molar-refractivity contribution in [2.75, 3.05) is 19.3 Å². The summed E-state index contributed by atoms with van der Waals surface area (Å²) in [6, 6.07) is 0.589. The van der Waals surface area contributed by atoms with Crippen LogP contribution in [-0.2, 0) is 0 Å². The van der Waals surface area contributed by atoms with E-state index in [0.29, 0.717) is 6.04 Å². The number of nitrogens with one attached hydrogen (secondary N) is 2. The summed E-state index contributed by atoms with van der Waals surface area (Å²) in [7, 11) is 0. The maximum Gasteiger partial charge on any atom is 0.191 e. The van der Waals surface area contributed by atoms with Crippen molar-refractivity contribution in [3.63, 3.8) is 0 Å². The summed E-state index contributed by atoms with van der Waals surface area (Å²) in [5, 5.41) is 7.76. The molecule has 1 aliphatic rings. The standard InChI is InChI=1S/C15H29N3S/c1-4-6-7-11-17-15(16-5-2)18-13-9-8-10-14(12-13)19-3/h4,6,13-14H,5,7-12H2,1-3H3,(H2,16,17,18)/b6-4+. The molecule has 0 aliphatic heterocycles. The molecule has 1 aliphatic carbocycles. The lowest BCUT2D eigenvalue weighted by Gasteiger charge is -2.29. The molecule has 1 fully saturated rings. The van der Waals surface area contributed by atoms with Gasteiger partial charge in [0.15, 0.2) is 5.96 Å². The van der Waals surface area contributed by atoms with E-state index < -0.39 is 0 Å². The van der Waals surface area contributed by atoms with Gasteiger partial charge >= 0.3 is 0 Å². The van der Waals surface area contributed by atoms with Crippen molar-refractivity contribution < 1.29 is 0 Å². The van der Waals surface area contributed by atoms with Gasteiger partial charge in [-0.3, -0.25) is 4.99 Å². The van der Waals surface area contributed by atoms with Crippen LogP contribution in [-0.4, -0.2) is 36.6 Å². The Morgan fingerprint density at radius 3 is 2.95 bits per heavy atom. The average molecular weight is 283 g/mol. The molecular formula is C15H29N3S. The zero-order chi connectivity index (χ0) is 13.9. The monoisotopic (exact) mass is 283 g/mol. The zero-order valence-electron chi connectivity index (χ0n) is 12.6. The van der Waals surface area contributed by atoms with Crippen LogP contribution in [0.15, 0.2) is 17.1 Å². The van der Waals surface area contributed by atoms with E-state index in [2.05, 4.69) is 47.9 Å². The van der Waals surface area contributed by atoms with E-state index in [1.165, 1.54) is 25.7 Å². The quantitative estimate of drug-likeness (QED) is 0.340. The van der Waals surface area contributed by atoms with Gasteiger partial charge in [-0.05, 0) is 45.8 Å². The third-order valence-corrected chi connectivity index (χ3v) is 4.54. The summed E-state index contributed by atoms with van der Waals surface area (Å²) in [6.45, 7) is 5.96. The van der Waals surface area contributed by atoms with Crippen LogP contribution in [0.4, 0.5) is 0 Å². The maximum absolute atomic E-state index is 4.63. The second-order valence-electron chi connectivity index (χ2n) is 4.98. The van der Waals surface area contributed by atoms with Crippen molar-refractivity contribution in [1.82, 2.24) is 10.6 Å². The fourth-order valence-corrected chi connectivity index (χ4v) is 3.25. The summed E-state index contributed by atoms with van der Waals surface area (Å²) < 4.78 is 0. The summed E-state index contributed by atoms with van der Waals surface area (Å²) >= 11 is 2.00. The highest BCUT2D eigenvalue weighted by Crippen LogP contribution is 2.26. The van der Waals surface area contributed by atoms with Crippen LogP contribution in [0.2, 0.25) is 0 Å². The molecule has 1 saturated carbocycles. The normalized spacial score (nSPS) is 24.7. The van der Waals surface area contributed by atoms with Crippen LogP contribution >= 0.6 is 11.8 Å². The van der Waals surface area contributed by atoms with Gasteiger partial charge in [-0.25, -0.2) is 0 Å². The Hall–Kier alpha value is -0.640. The topological polar surface area (TPSA) is 36.4 Å². The molecule has 3 nitrogen and oxygen atoms in total. The molecule has 2 unspecified atom stereocenters. The number of rotatable bonds is 6. The minimum absolute atomic E-state index is 0.589. The van der Waals surface area contributed by atoms with Gasteiger partial charge in [0.25, 0.3) is 0 Å². The molecule has 110 valence electrons. The Kier molecular flexibility index (Phi) is 8.80. The van der Waals surface area contributed by atoms with Crippen LogP contribution in [0, 0.1) is 0 Å². The van der Waals surface area contributed by atoms with Gasteiger partial charge in [-0.2, -0.15) is 11.8 Å². The highest BCUT2D eigenvalue weighted by molar-refractivity contribution is 7.99. The molecule has 2 N–H and O–H groups in total. The second-order valence-corrected chi connectivity index (χ2v) is 6.12. The molecule has 0 aromatic carbocycles. The van der Waals surface area contributed by atoms with Gasteiger partial charge in [-0.1, -0.05) is 18.6 Å². The molecule has 19 heavy (non-hydrogen) atoms. The van der Waals surface area contributed by atoms with Crippen LogP contribution in [0.5, 0.6) is 0 Å². The van der Waals surface area contributed by atoms with Gasteiger partial charge in [0.1, 0.15) is 0 Å². The summed E-state index contributed by atoms with van der Waals surface area (Å²) in [6.07, 6.45) is 12.7. The Balaban J connectivity index is 2.42. The maximum atomic E-state index is 4.63. The summed E-state index contributed by atoms with van der Waals surface area (Å²) in [4.78, 5) is 4.63.